The van der Waals surface area contributed by atoms with Gasteiger partial charge in [0.1, 0.15) is 12.4 Å². The second-order valence-corrected chi connectivity index (χ2v) is 10.7. The number of ether oxygens (including phenoxy) is 1. The number of hydrogen-bond donors (Lipinski definition) is 3. The smallest absolute Gasteiger partial charge is 0.303 e. The lowest BCUT2D eigenvalue weighted by atomic mass is 9.69. The van der Waals surface area contributed by atoms with E-state index in [-0.39, 0.29) is 18.4 Å². The van der Waals surface area contributed by atoms with Crippen LogP contribution in [0.15, 0.2) is 36.4 Å². The number of benzene rings is 2. The molecule has 0 amide bonds. The molecule has 0 spiro atoms. The van der Waals surface area contributed by atoms with Crippen molar-refractivity contribution >= 4 is 5.97 Å². The van der Waals surface area contributed by atoms with Gasteiger partial charge in [-0.05, 0) is 106 Å². The molecule has 0 radical (unpaired) electrons. The Kier molecular flexibility index (Phi) is 9.59. The molecule has 3 rings (SSSR count). The Morgan fingerprint density at radius 1 is 1.06 bits per heavy atom. The Hall–Kier alpha value is -2.37. The summed E-state index contributed by atoms with van der Waals surface area (Å²) in [7, 11) is 0. The van der Waals surface area contributed by atoms with Crippen LogP contribution in [0.3, 0.4) is 0 Å². The molecule has 1 unspecified atom stereocenters. The minimum Gasteiger partial charge on any atom is -0.491 e. The van der Waals surface area contributed by atoms with E-state index in [1.807, 2.05) is 13.0 Å². The molecule has 0 saturated heterocycles. The van der Waals surface area contributed by atoms with Crippen LogP contribution < -0.4 is 4.74 Å². The lowest BCUT2D eigenvalue weighted by Crippen LogP contribution is -2.37. The quantitative estimate of drug-likeness (QED) is 0.288. The third kappa shape index (κ3) is 6.68. The van der Waals surface area contributed by atoms with Gasteiger partial charge in [-0.2, -0.15) is 0 Å². The lowest BCUT2D eigenvalue weighted by Gasteiger charge is -2.37. The summed E-state index contributed by atoms with van der Waals surface area (Å²) in [4.78, 5) is 10.7. The van der Waals surface area contributed by atoms with Gasteiger partial charge in [0.15, 0.2) is 0 Å². The van der Waals surface area contributed by atoms with E-state index < -0.39 is 17.7 Å². The molecule has 5 heteroatoms. The van der Waals surface area contributed by atoms with E-state index in [9.17, 15) is 15.0 Å². The molecule has 2 aromatic rings. The van der Waals surface area contributed by atoms with Gasteiger partial charge in [-0.15, -0.1) is 0 Å². The van der Waals surface area contributed by atoms with Crippen LogP contribution in [0.5, 0.6) is 5.75 Å². The Morgan fingerprint density at radius 3 is 2.22 bits per heavy atom. The van der Waals surface area contributed by atoms with Gasteiger partial charge < -0.3 is 20.1 Å². The van der Waals surface area contributed by atoms with Crippen molar-refractivity contribution in [3.8, 4) is 5.75 Å². The standard InChI is InChI=1S/C31H44O5/c1-5-31(6-2,25-12-11-24(22(3)19-25)15-18-30(35)16-8-17-30)26-13-14-28(23(4)20-26)36-21-27(32)9-7-10-29(33)34/h11-14,19-20,27,32,35H,5-10,15-18,21H2,1-4H3,(H,33,34). The average molecular weight is 497 g/mol. The number of carbonyl (C=O) groups is 1. The summed E-state index contributed by atoms with van der Waals surface area (Å²) in [6, 6.07) is 13.2. The molecule has 1 saturated carbocycles. The molecular weight excluding hydrogens is 452 g/mol. The van der Waals surface area contributed by atoms with E-state index in [0.29, 0.717) is 12.8 Å². The summed E-state index contributed by atoms with van der Waals surface area (Å²) < 4.78 is 5.88. The summed E-state index contributed by atoms with van der Waals surface area (Å²) in [5.74, 6) is -0.0977. The van der Waals surface area contributed by atoms with Gasteiger partial charge >= 0.3 is 5.97 Å². The van der Waals surface area contributed by atoms with Crippen LogP contribution in [0.2, 0.25) is 0 Å². The molecule has 3 N–H and O–H groups in total. The molecule has 0 aliphatic heterocycles. The van der Waals surface area contributed by atoms with Crippen LogP contribution in [0.4, 0.5) is 0 Å². The maximum absolute atomic E-state index is 10.7. The zero-order valence-electron chi connectivity index (χ0n) is 22.5. The van der Waals surface area contributed by atoms with Crippen molar-refractivity contribution in [1.29, 1.82) is 0 Å². The van der Waals surface area contributed by atoms with E-state index in [1.165, 1.54) is 22.3 Å². The third-order valence-electron chi connectivity index (χ3n) is 8.33. The van der Waals surface area contributed by atoms with Crippen LogP contribution in [-0.2, 0) is 16.6 Å². The van der Waals surface area contributed by atoms with E-state index >= 15 is 0 Å². The number of aliphatic hydroxyl groups excluding tert-OH is 1. The molecule has 0 bridgehead atoms. The first-order valence-electron chi connectivity index (χ1n) is 13.6. The first-order valence-corrected chi connectivity index (χ1v) is 13.6. The fraction of sp³-hybridized carbons (Fsp3) is 0.581. The fourth-order valence-electron chi connectivity index (χ4n) is 5.58. The predicted octanol–water partition coefficient (Wildman–Crippen LogP) is 6.25. The van der Waals surface area contributed by atoms with Gasteiger partial charge in [0.05, 0.1) is 11.7 Å². The third-order valence-corrected chi connectivity index (χ3v) is 8.33. The van der Waals surface area contributed by atoms with Gasteiger partial charge in [0.2, 0.25) is 0 Å². The molecule has 0 aromatic heterocycles. The van der Waals surface area contributed by atoms with Gasteiger partial charge in [-0.3, -0.25) is 4.79 Å². The SMILES string of the molecule is CCC(CC)(c1ccc(CCC2(O)CCC2)c(C)c1)c1ccc(OCC(O)CCCC(=O)O)c(C)c1. The number of carboxylic acids is 1. The first kappa shape index (κ1) is 28.2. The summed E-state index contributed by atoms with van der Waals surface area (Å²) in [5, 5.41) is 29.4. The van der Waals surface area contributed by atoms with Crippen molar-refractivity contribution in [2.75, 3.05) is 6.61 Å². The van der Waals surface area contributed by atoms with Crippen LogP contribution in [0, 0.1) is 13.8 Å². The highest BCUT2D eigenvalue weighted by molar-refractivity contribution is 5.66. The Balaban J connectivity index is 1.73. The highest BCUT2D eigenvalue weighted by Crippen LogP contribution is 2.41. The summed E-state index contributed by atoms with van der Waals surface area (Å²) in [6.07, 6.45) is 6.94. The molecule has 1 atom stereocenters. The maximum atomic E-state index is 10.7. The van der Waals surface area contributed by atoms with Crippen LogP contribution >= 0.6 is 0 Å². The molecule has 0 heterocycles. The van der Waals surface area contributed by atoms with Crippen LogP contribution in [-0.4, -0.2) is 39.6 Å². The number of carboxylic acid groups (broad SMARTS) is 1. The van der Waals surface area contributed by atoms with Gasteiger partial charge in [-0.25, -0.2) is 0 Å². The fourth-order valence-corrected chi connectivity index (χ4v) is 5.58. The topological polar surface area (TPSA) is 87.0 Å². The lowest BCUT2D eigenvalue weighted by molar-refractivity contribution is -0.137. The normalized spacial score (nSPS) is 15.8. The molecule has 1 aliphatic rings. The molecule has 1 aliphatic carbocycles. The molecule has 36 heavy (non-hydrogen) atoms. The highest BCUT2D eigenvalue weighted by Gasteiger charge is 2.34. The van der Waals surface area contributed by atoms with Crippen molar-refractivity contribution in [3.05, 3.63) is 64.2 Å². The number of aliphatic carboxylic acids is 1. The van der Waals surface area contributed by atoms with E-state index in [4.69, 9.17) is 9.84 Å². The minimum absolute atomic E-state index is 0.0591. The van der Waals surface area contributed by atoms with Crippen molar-refractivity contribution < 1.29 is 24.9 Å². The number of rotatable bonds is 14. The molecule has 198 valence electrons. The number of hydrogen-bond acceptors (Lipinski definition) is 4. The molecule has 5 nitrogen and oxygen atoms in total. The van der Waals surface area contributed by atoms with Crippen LogP contribution in [0.25, 0.3) is 0 Å². The summed E-state index contributed by atoms with van der Waals surface area (Å²) >= 11 is 0. The zero-order chi connectivity index (χ0) is 26.3. The summed E-state index contributed by atoms with van der Waals surface area (Å²) in [6.45, 7) is 8.86. The minimum atomic E-state index is -0.845. The Labute approximate surface area is 216 Å². The van der Waals surface area contributed by atoms with Crippen LogP contribution in [0.1, 0.15) is 99.5 Å². The summed E-state index contributed by atoms with van der Waals surface area (Å²) in [5.41, 5.74) is 5.66. The second kappa shape index (κ2) is 12.2. The predicted molar refractivity (Wildman–Crippen MR) is 144 cm³/mol. The molecule has 1 fully saturated rings. The monoisotopic (exact) mass is 496 g/mol. The number of aliphatic hydroxyl groups is 2. The maximum Gasteiger partial charge on any atom is 0.303 e. The van der Waals surface area contributed by atoms with Gasteiger partial charge in [0.25, 0.3) is 0 Å². The average Bonchev–Trinajstić information content (AvgIpc) is 2.82. The zero-order valence-corrected chi connectivity index (χ0v) is 22.5. The largest absolute Gasteiger partial charge is 0.491 e. The Bertz CT molecular complexity index is 1020. The van der Waals surface area contributed by atoms with Gasteiger partial charge in [0, 0.05) is 11.8 Å². The van der Waals surface area contributed by atoms with E-state index in [2.05, 4.69) is 51.1 Å². The van der Waals surface area contributed by atoms with Crippen molar-refractivity contribution in [2.24, 2.45) is 0 Å². The Morgan fingerprint density at radius 2 is 1.69 bits per heavy atom. The first-order chi connectivity index (χ1) is 17.1. The highest BCUT2D eigenvalue weighted by atomic mass is 16.5. The van der Waals surface area contributed by atoms with Crippen molar-refractivity contribution in [2.45, 2.75) is 109 Å². The van der Waals surface area contributed by atoms with Gasteiger partial charge in [-0.1, -0.05) is 44.2 Å². The molecular formula is C31H44O5. The van der Waals surface area contributed by atoms with E-state index in [1.54, 1.807) is 0 Å². The van der Waals surface area contributed by atoms with E-state index in [0.717, 1.165) is 56.3 Å². The van der Waals surface area contributed by atoms with Crippen molar-refractivity contribution in [1.82, 2.24) is 0 Å². The number of aryl methyl sites for hydroxylation is 3. The second-order valence-electron chi connectivity index (χ2n) is 10.7. The molecule has 2 aromatic carbocycles. The van der Waals surface area contributed by atoms with Crippen molar-refractivity contribution in [3.63, 3.8) is 0 Å².